The predicted molar refractivity (Wildman–Crippen MR) is 69.5 cm³/mol. The molecule has 1 N–H and O–H groups in total. The van der Waals surface area contributed by atoms with Crippen LogP contribution in [-0.4, -0.2) is 12.4 Å². The van der Waals surface area contributed by atoms with E-state index in [1.165, 1.54) is 11.1 Å². The Hall–Kier alpha value is -1.57. The molecule has 0 fully saturated rings. The molecule has 0 spiro atoms. The molecule has 1 aromatic carbocycles. The lowest BCUT2D eigenvalue weighted by Crippen LogP contribution is -2.20. The number of rotatable bonds is 2. The molecule has 0 saturated heterocycles. The maximum absolute atomic E-state index is 4.60. The zero-order valence-corrected chi connectivity index (χ0v) is 9.90. The molecule has 1 aliphatic heterocycles. The first-order chi connectivity index (χ1) is 7.75. The summed E-state index contributed by atoms with van der Waals surface area (Å²) in [5, 5.41) is 3.25. The molecule has 84 valence electrons. The highest BCUT2D eigenvalue weighted by Gasteiger charge is 2.07. The quantitative estimate of drug-likeness (QED) is 0.804. The van der Waals surface area contributed by atoms with Gasteiger partial charge in [-0.05, 0) is 23.1 Å². The van der Waals surface area contributed by atoms with E-state index in [0.717, 1.165) is 18.8 Å². The van der Waals surface area contributed by atoms with Crippen LogP contribution >= 0.6 is 0 Å². The lowest BCUT2D eigenvalue weighted by atomic mass is 10.1. The molecule has 1 aromatic rings. The van der Waals surface area contributed by atoms with Gasteiger partial charge >= 0.3 is 0 Å². The number of nitrogens with zero attached hydrogens (tertiary/aromatic N) is 1. The molecule has 0 bridgehead atoms. The molecule has 2 nitrogen and oxygen atoms in total. The second-order valence-electron chi connectivity index (χ2n) is 4.53. The van der Waals surface area contributed by atoms with Crippen molar-refractivity contribution in [2.75, 3.05) is 6.54 Å². The highest BCUT2D eigenvalue weighted by atomic mass is 15.0. The molecule has 1 aliphatic rings. The normalized spacial score (nSPS) is 17.1. The molecule has 0 amide bonds. The van der Waals surface area contributed by atoms with Crippen molar-refractivity contribution in [3.63, 3.8) is 0 Å². The van der Waals surface area contributed by atoms with Gasteiger partial charge in [-0.1, -0.05) is 38.1 Å². The summed E-state index contributed by atoms with van der Waals surface area (Å²) in [6.07, 6.45) is 4.98. The minimum Gasteiger partial charge on any atom is -0.350 e. The smallest absolute Gasteiger partial charge is 0.105 e. The van der Waals surface area contributed by atoms with E-state index in [0.29, 0.717) is 5.92 Å². The molecule has 0 unspecified atom stereocenters. The molecule has 0 radical (unpaired) electrons. The summed E-state index contributed by atoms with van der Waals surface area (Å²) in [4.78, 5) is 4.60. The third-order valence-electron chi connectivity index (χ3n) is 2.57. The molecule has 2 heteroatoms. The summed E-state index contributed by atoms with van der Waals surface area (Å²) in [6.45, 7) is 5.26. The van der Waals surface area contributed by atoms with Crippen LogP contribution < -0.4 is 5.32 Å². The maximum Gasteiger partial charge on any atom is 0.105 e. The van der Waals surface area contributed by atoms with E-state index in [4.69, 9.17) is 0 Å². The van der Waals surface area contributed by atoms with Crippen molar-refractivity contribution >= 4 is 11.9 Å². The topological polar surface area (TPSA) is 24.4 Å². The van der Waals surface area contributed by atoms with Gasteiger partial charge in [0.25, 0.3) is 0 Å². The molecule has 2 rings (SSSR count). The molecular formula is C14H18N2. The Morgan fingerprint density at radius 1 is 1.31 bits per heavy atom. The first kappa shape index (κ1) is 10.9. The van der Waals surface area contributed by atoms with Gasteiger partial charge in [-0.2, -0.15) is 0 Å². The Balaban J connectivity index is 2.18. The van der Waals surface area contributed by atoms with Crippen LogP contribution in [0, 0.1) is 5.92 Å². The minimum absolute atomic E-state index is 0.608. The van der Waals surface area contributed by atoms with Crippen LogP contribution in [0.25, 0.3) is 6.08 Å². The SMILES string of the molecule is CC(C)CN=C1Cc2ccccc2C=CN1. The molecule has 0 saturated carbocycles. The molecule has 16 heavy (non-hydrogen) atoms. The first-order valence-corrected chi connectivity index (χ1v) is 5.80. The van der Waals surface area contributed by atoms with Crippen LogP contribution in [0.1, 0.15) is 25.0 Å². The van der Waals surface area contributed by atoms with Crippen LogP contribution in [0.15, 0.2) is 35.5 Å². The lowest BCUT2D eigenvalue weighted by molar-refractivity contribution is 0.663. The average molecular weight is 214 g/mol. The Bertz CT molecular complexity index is 416. The van der Waals surface area contributed by atoms with Gasteiger partial charge in [0, 0.05) is 19.2 Å². The van der Waals surface area contributed by atoms with Crippen molar-refractivity contribution in [3.05, 3.63) is 41.6 Å². The zero-order valence-electron chi connectivity index (χ0n) is 9.90. The predicted octanol–water partition coefficient (Wildman–Crippen LogP) is 2.86. The van der Waals surface area contributed by atoms with Gasteiger partial charge in [-0.25, -0.2) is 0 Å². The molecular weight excluding hydrogens is 196 g/mol. The number of benzene rings is 1. The summed E-state index contributed by atoms with van der Waals surface area (Å²) in [5.74, 6) is 1.67. The van der Waals surface area contributed by atoms with Gasteiger partial charge in [0.2, 0.25) is 0 Å². The summed E-state index contributed by atoms with van der Waals surface area (Å²) >= 11 is 0. The van der Waals surface area contributed by atoms with Gasteiger partial charge in [0.15, 0.2) is 0 Å². The van der Waals surface area contributed by atoms with E-state index in [9.17, 15) is 0 Å². The fourth-order valence-corrected chi connectivity index (χ4v) is 1.71. The van der Waals surface area contributed by atoms with Crippen LogP contribution in [0.3, 0.4) is 0 Å². The number of hydrogen-bond donors (Lipinski definition) is 1. The maximum atomic E-state index is 4.60. The van der Waals surface area contributed by atoms with Gasteiger partial charge in [0.05, 0.1) is 0 Å². The third kappa shape index (κ3) is 2.72. The second-order valence-corrected chi connectivity index (χ2v) is 4.53. The van der Waals surface area contributed by atoms with Crippen molar-refractivity contribution in [2.24, 2.45) is 10.9 Å². The van der Waals surface area contributed by atoms with E-state index in [1.54, 1.807) is 0 Å². The van der Waals surface area contributed by atoms with Crippen LogP contribution in [0.4, 0.5) is 0 Å². The highest BCUT2D eigenvalue weighted by molar-refractivity contribution is 5.88. The number of fused-ring (bicyclic) bond motifs is 1. The average Bonchev–Trinajstić information content (AvgIpc) is 2.47. The van der Waals surface area contributed by atoms with Gasteiger partial charge in [-0.15, -0.1) is 0 Å². The van der Waals surface area contributed by atoms with Crippen molar-refractivity contribution < 1.29 is 0 Å². The van der Waals surface area contributed by atoms with Gasteiger partial charge < -0.3 is 5.32 Å². The Morgan fingerprint density at radius 2 is 2.12 bits per heavy atom. The largest absolute Gasteiger partial charge is 0.350 e. The van der Waals surface area contributed by atoms with Crippen molar-refractivity contribution in [2.45, 2.75) is 20.3 Å². The fourth-order valence-electron chi connectivity index (χ4n) is 1.71. The zero-order chi connectivity index (χ0) is 11.4. The lowest BCUT2D eigenvalue weighted by Gasteiger charge is -2.07. The summed E-state index contributed by atoms with van der Waals surface area (Å²) in [6, 6.07) is 8.45. The summed E-state index contributed by atoms with van der Waals surface area (Å²) in [7, 11) is 0. The number of aliphatic imine (C=N–C) groups is 1. The van der Waals surface area contributed by atoms with E-state index < -0.39 is 0 Å². The van der Waals surface area contributed by atoms with E-state index in [2.05, 4.69) is 54.5 Å². The molecule has 0 aromatic heterocycles. The standard InChI is InChI=1S/C14H18N2/c1-11(2)10-16-14-9-13-6-4-3-5-12(13)7-8-15-14/h3-8,11H,9-10H2,1-2H3,(H,15,16). The molecule has 0 atom stereocenters. The second kappa shape index (κ2) is 4.97. The number of amidine groups is 1. The van der Waals surface area contributed by atoms with Gasteiger partial charge in [-0.3, -0.25) is 4.99 Å². The fraction of sp³-hybridized carbons (Fsp3) is 0.357. The van der Waals surface area contributed by atoms with Crippen LogP contribution in [0.2, 0.25) is 0 Å². The van der Waals surface area contributed by atoms with Crippen molar-refractivity contribution in [3.8, 4) is 0 Å². The Morgan fingerprint density at radius 3 is 2.94 bits per heavy atom. The summed E-state index contributed by atoms with van der Waals surface area (Å²) in [5.41, 5.74) is 2.62. The van der Waals surface area contributed by atoms with Crippen LogP contribution in [0.5, 0.6) is 0 Å². The van der Waals surface area contributed by atoms with Gasteiger partial charge in [0.1, 0.15) is 5.84 Å². The Labute approximate surface area is 97.1 Å². The molecule has 0 aliphatic carbocycles. The number of nitrogens with one attached hydrogen (secondary N) is 1. The summed E-state index contributed by atoms with van der Waals surface area (Å²) < 4.78 is 0. The van der Waals surface area contributed by atoms with Crippen molar-refractivity contribution in [1.82, 2.24) is 5.32 Å². The Kier molecular flexibility index (Phi) is 3.40. The van der Waals surface area contributed by atoms with Crippen LogP contribution in [-0.2, 0) is 6.42 Å². The number of hydrogen-bond acceptors (Lipinski definition) is 1. The highest BCUT2D eigenvalue weighted by Crippen LogP contribution is 2.13. The van der Waals surface area contributed by atoms with E-state index >= 15 is 0 Å². The monoisotopic (exact) mass is 214 g/mol. The first-order valence-electron chi connectivity index (χ1n) is 5.80. The van der Waals surface area contributed by atoms with E-state index in [1.807, 2.05) is 6.20 Å². The van der Waals surface area contributed by atoms with E-state index in [-0.39, 0.29) is 0 Å². The minimum atomic E-state index is 0.608. The third-order valence-corrected chi connectivity index (χ3v) is 2.57. The molecule has 1 heterocycles. The van der Waals surface area contributed by atoms with Crippen molar-refractivity contribution in [1.29, 1.82) is 0 Å².